The molecule has 86 valence electrons. The van der Waals surface area contributed by atoms with E-state index in [-0.39, 0.29) is 11.4 Å². The van der Waals surface area contributed by atoms with Crippen LogP contribution in [0.4, 0.5) is 4.39 Å². The molecule has 0 spiro atoms. The molecular formula is C14H17FO. The van der Waals surface area contributed by atoms with E-state index < -0.39 is 0 Å². The van der Waals surface area contributed by atoms with Gasteiger partial charge in [0.1, 0.15) is 5.60 Å². The maximum Gasteiger partial charge on any atom is 0.165 e. The topological polar surface area (TPSA) is 9.23 Å². The van der Waals surface area contributed by atoms with Crippen molar-refractivity contribution in [1.82, 2.24) is 0 Å². The zero-order chi connectivity index (χ0) is 11.9. The van der Waals surface area contributed by atoms with Gasteiger partial charge in [0.15, 0.2) is 11.6 Å². The van der Waals surface area contributed by atoms with Crippen LogP contribution in [0.1, 0.15) is 38.8 Å². The average Bonchev–Trinajstić information content (AvgIpc) is 2.42. The van der Waals surface area contributed by atoms with Gasteiger partial charge in [-0.25, -0.2) is 4.39 Å². The third-order valence-electron chi connectivity index (χ3n) is 2.48. The van der Waals surface area contributed by atoms with Crippen LogP contribution < -0.4 is 4.74 Å². The van der Waals surface area contributed by atoms with Crippen molar-refractivity contribution in [3.63, 3.8) is 0 Å². The normalized spacial score (nSPS) is 14.7. The van der Waals surface area contributed by atoms with Crippen molar-refractivity contribution in [3.8, 4) is 5.75 Å². The van der Waals surface area contributed by atoms with Gasteiger partial charge in [-0.1, -0.05) is 11.6 Å². The highest BCUT2D eigenvalue weighted by molar-refractivity contribution is 5.65. The number of fused-ring (bicyclic) bond motifs is 1. The fourth-order valence-electron chi connectivity index (χ4n) is 1.92. The van der Waals surface area contributed by atoms with Crippen LogP contribution in [-0.2, 0) is 6.42 Å². The molecule has 2 rings (SSSR count). The third kappa shape index (κ3) is 2.26. The Bertz CT molecular complexity index is 453. The molecule has 0 radical (unpaired) electrons. The molecule has 1 aliphatic carbocycles. The molecule has 0 saturated carbocycles. The maximum absolute atomic E-state index is 13.8. The van der Waals surface area contributed by atoms with E-state index in [1.54, 1.807) is 12.1 Å². The molecular weight excluding hydrogens is 203 g/mol. The first-order valence-electron chi connectivity index (χ1n) is 5.54. The summed E-state index contributed by atoms with van der Waals surface area (Å²) in [7, 11) is 0. The molecule has 0 atom stereocenters. The van der Waals surface area contributed by atoms with E-state index >= 15 is 0 Å². The molecule has 0 aromatic heterocycles. The van der Waals surface area contributed by atoms with Crippen molar-refractivity contribution < 1.29 is 9.13 Å². The van der Waals surface area contributed by atoms with Gasteiger partial charge in [-0.2, -0.15) is 0 Å². The first kappa shape index (κ1) is 11.2. The van der Waals surface area contributed by atoms with Crippen LogP contribution in [0.3, 0.4) is 0 Å². The van der Waals surface area contributed by atoms with E-state index in [2.05, 4.69) is 13.0 Å². The Morgan fingerprint density at radius 2 is 1.94 bits per heavy atom. The number of benzene rings is 1. The number of hydrogen-bond donors (Lipinski definition) is 0. The van der Waals surface area contributed by atoms with Crippen molar-refractivity contribution in [1.29, 1.82) is 0 Å². The highest BCUT2D eigenvalue weighted by Gasteiger charge is 2.18. The molecule has 0 heterocycles. The lowest BCUT2D eigenvalue weighted by molar-refractivity contribution is 0.124. The van der Waals surface area contributed by atoms with Crippen LogP contribution in [-0.4, -0.2) is 5.60 Å². The fraction of sp³-hybridized carbons (Fsp3) is 0.429. The molecule has 0 aliphatic heterocycles. The summed E-state index contributed by atoms with van der Waals surface area (Å²) in [6.45, 7) is 7.81. The van der Waals surface area contributed by atoms with E-state index in [4.69, 9.17) is 4.74 Å². The van der Waals surface area contributed by atoms with Crippen molar-refractivity contribution in [2.45, 2.75) is 39.7 Å². The predicted molar refractivity (Wildman–Crippen MR) is 64.1 cm³/mol. The SMILES string of the molecule is CC1=Cc2cc(OC(C)(C)C)c(F)cc2C1. The van der Waals surface area contributed by atoms with E-state index in [1.165, 1.54) is 5.57 Å². The van der Waals surface area contributed by atoms with E-state index in [9.17, 15) is 4.39 Å². The van der Waals surface area contributed by atoms with Gasteiger partial charge in [0.25, 0.3) is 0 Å². The first-order chi connectivity index (χ1) is 7.35. The average molecular weight is 220 g/mol. The second-order valence-electron chi connectivity index (χ2n) is 5.36. The largest absolute Gasteiger partial charge is 0.485 e. The standard InChI is InChI=1S/C14H17FO/c1-9-5-10-7-12(15)13(8-11(10)6-9)16-14(2,3)4/h6-8H,5H2,1-4H3. The second-order valence-corrected chi connectivity index (χ2v) is 5.36. The smallest absolute Gasteiger partial charge is 0.165 e. The van der Waals surface area contributed by atoms with Crippen molar-refractivity contribution >= 4 is 6.08 Å². The molecule has 1 aromatic rings. The van der Waals surface area contributed by atoms with E-state index in [1.807, 2.05) is 20.8 Å². The molecule has 0 saturated heterocycles. The third-order valence-corrected chi connectivity index (χ3v) is 2.48. The highest BCUT2D eigenvalue weighted by atomic mass is 19.1. The molecule has 1 nitrogen and oxygen atoms in total. The summed E-state index contributed by atoms with van der Waals surface area (Å²) >= 11 is 0. The lowest BCUT2D eigenvalue weighted by atomic mass is 10.1. The molecule has 0 unspecified atom stereocenters. The van der Waals surface area contributed by atoms with Crippen molar-refractivity contribution in [3.05, 3.63) is 34.6 Å². The van der Waals surface area contributed by atoms with Crippen molar-refractivity contribution in [2.75, 3.05) is 0 Å². The quantitative estimate of drug-likeness (QED) is 0.696. The van der Waals surface area contributed by atoms with Crippen LogP contribution in [0, 0.1) is 5.82 Å². The molecule has 16 heavy (non-hydrogen) atoms. The van der Waals surface area contributed by atoms with Gasteiger partial charge in [-0.05, 0) is 57.4 Å². The number of halogens is 1. The summed E-state index contributed by atoms with van der Waals surface area (Å²) in [5, 5.41) is 0. The molecule has 1 aliphatic rings. The van der Waals surface area contributed by atoms with Crippen LogP contribution in [0.25, 0.3) is 6.08 Å². The van der Waals surface area contributed by atoms with Gasteiger partial charge in [-0.3, -0.25) is 0 Å². The molecule has 0 amide bonds. The Kier molecular flexibility index (Phi) is 2.53. The van der Waals surface area contributed by atoms with Gasteiger partial charge < -0.3 is 4.74 Å². The van der Waals surface area contributed by atoms with Gasteiger partial charge in [-0.15, -0.1) is 0 Å². The minimum absolute atomic E-state index is 0.267. The van der Waals surface area contributed by atoms with E-state index in [0.717, 1.165) is 17.5 Å². The van der Waals surface area contributed by atoms with E-state index in [0.29, 0.717) is 5.75 Å². The zero-order valence-electron chi connectivity index (χ0n) is 10.2. The number of allylic oxidation sites excluding steroid dienone is 1. The predicted octanol–water partition coefficient (Wildman–Crippen LogP) is 3.96. The molecule has 0 fully saturated rings. The second kappa shape index (κ2) is 3.62. The van der Waals surface area contributed by atoms with Crippen LogP contribution in [0.5, 0.6) is 5.75 Å². The minimum Gasteiger partial charge on any atom is -0.485 e. The Balaban J connectivity index is 2.37. The number of rotatable bonds is 1. The fourth-order valence-corrected chi connectivity index (χ4v) is 1.92. The van der Waals surface area contributed by atoms with Gasteiger partial charge >= 0.3 is 0 Å². The van der Waals surface area contributed by atoms with Gasteiger partial charge in [0.2, 0.25) is 0 Å². The highest BCUT2D eigenvalue weighted by Crippen LogP contribution is 2.32. The zero-order valence-corrected chi connectivity index (χ0v) is 10.2. The summed E-state index contributed by atoms with van der Waals surface area (Å²) < 4.78 is 19.3. The van der Waals surface area contributed by atoms with Gasteiger partial charge in [0.05, 0.1) is 0 Å². The monoisotopic (exact) mass is 220 g/mol. The Morgan fingerprint density at radius 3 is 2.56 bits per heavy atom. The molecule has 1 aromatic carbocycles. The Labute approximate surface area is 95.9 Å². The number of hydrogen-bond acceptors (Lipinski definition) is 1. The van der Waals surface area contributed by atoms with Crippen molar-refractivity contribution in [2.24, 2.45) is 0 Å². The van der Waals surface area contributed by atoms with Gasteiger partial charge in [0, 0.05) is 0 Å². The summed E-state index contributed by atoms with van der Waals surface area (Å²) in [6.07, 6.45) is 2.94. The maximum atomic E-state index is 13.8. The molecule has 0 bridgehead atoms. The summed E-state index contributed by atoms with van der Waals surface area (Å²) in [6, 6.07) is 3.38. The first-order valence-corrected chi connectivity index (χ1v) is 5.54. The summed E-state index contributed by atoms with van der Waals surface area (Å²) in [4.78, 5) is 0. The summed E-state index contributed by atoms with van der Waals surface area (Å²) in [5.74, 6) is 0.0778. The Hall–Kier alpha value is -1.31. The molecule has 0 N–H and O–H groups in total. The minimum atomic E-state index is -0.369. The van der Waals surface area contributed by atoms with Crippen LogP contribution >= 0.6 is 0 Å². The van der Waals surface area contributed by atoms with Crippen LogP contribution in [0.15, 0.2) is 17.7 Å². The van der Waals surface area contributed by atoms with Crippen LogP contribution in [0.2, 0.25) is 0 Å². The lowest BCUT2D eigenvalue weighted by Gasteiger charge is -2.22. The molecule has 2 heteroatoms. The lowest BCUT2D eigenvalue weighted by Crippen LogP contribution is -2.23. The summed E-state index contributed by atoms with van der Waals surface area (Å²) in [5.41, 5.74) is 3.03. The Morgan fingerprint density at radius 1 is 1.25 bits per heavy atom. The number of ether oxygens (including phenoxy) is 1.